The van der Waals surface area contributed by atoms with Gasteiger partial charge in [0, 0.05) is 0 Å². The molecule has 0 amide bonds. The van der Waals surface area contributed by atoms with Crippen LogP contribution in [0, 0.1) is 17.6 Å². The molecule has 0 fully saturated rings. The number of hydrogen-bond donors (Lipinski definition) is 0. The quantitative estimate of drug-likeness (QED) is 0.643. The van der Waals surface area contributed by atoms with Crippen molar-refractivity contribution in [1.29, 1.82) is 0 Å². The summed E-state index contributed by atoms with van der Waals surface area (Å²) in [6.07, 6.45) is 1.56. The first kappa shape index (κ1) is 9.63. The van der Waals surface area contributed by atoms with Crippen molar-refractivity contribution < 1.29 is 8.78 Å². The zero-order chi connectivity index (χ0) is 10.3. The predicted molar refractivity (Wildman–Crippen MR) is 52.3 cm³/mol. The minimum atomic E-state index is -0.246. The molecular formula is C12H14F2. The maximum atomic E-state index is 13.5. The molecule has 0 saturated carbocycles. The second kappa shape index (κ2) is 3.34. The van der Waals surface area contributed by atoms with Crippen molar-refractivity contribution in [3.8, 4) is 0 Å². The largest absolute Gasteiger partial charge is 0.207 e. The van der Waals surface area contributed by atoms with Crippen LogP contribution < -0.4 is 0 Å². The highest BCUT2D eigenvalue weighted by Crippen LogP contribution is 2.40. The van der Waals surface area contributed by atoms with Gasteiger partial charge in [-0.15, -0.1) is 0 Å². The number of fused-ring (bicyclic) bond motifs is 1. The molecule has 0 aliphatic heterocycles. The summed E-state index contributed by atoms with van der Waals surface area (Å²) in [6, 6.07) is 2.48. The van der Waals surface area contributed by atoms with Crippen LogP contribution in [-0.4, -0.2) is 0 Å². The SMILES string of the molecule is CC(C)C1CCc2c(F)ccc(F)c21. The van der Waals surface area contributed by atoms with Gasteiger partial charge < -0.3 is 0 Å². The van der Waals surface area contributed by atoms with Gasteiger partial charge in [0.25, 0.3) is 0 Å². The Balaban J connectivity index is 2.53. The van der Waals surface area contributed by atoms with Crippen molar-refractivity contribution in [2.24, 2.45) is 5.92 Å². The summed E-state index contributed by atoms with van der Waals surface area (Å²) >= 11 is 0. The van der Waals surface area contributed by atoms with Gasteiger partial charge in [0.1, 0.15) is 11.6 Å². The highest BCUT2D eigenvalue weighted by atomic mass is 19.1. The molecule has 0 saturated heterocycles. The smallest absolute Gasteiger partial charge is 0.127 e. The van der Waals surface area contributed by atoms with Gasteiger partial charge in [0.05, 0.1) is 0 Å². The fourth-order valence-corrected chi connectivity index (χ4v) is 2.38. The Morgan fingerprint density at radius 1 is 1.21 bits per heavy atom. The maximum absolute atomic E-state index is 13.5. The number of benzene rings is 1. The molecule has 1 aromatic carbocycles. The molecule has 0 aromatic heterocycles. The van der Waals surface area contributed by atoms with Gasteiger partial charge in [0.2, 0.25) is 0 Å². The molecule has 1 aliphatic rings. The molecule has 0 N–H and O–H groups in total. The first-order valence-corrected chi connectivity index (χ1v) is 5.08. The standard InChI is InChI=1S/C12H14F2/c1-7(2)8-3-4-9-10(13)5-6-11(14)12(8)9/h5-8H,3-4H2,1-2H3. The van der Waals surface area contributed by atoms with Gasteiger partial charge in [-0.25, -0.2) is 8.78 Å². The lowest BCUT2D eigenvalue weighted by atomic mass is 9.90. The fraction of sp³-hybridized carbons (Fsp3) is 0.500. The van der Waals surface area contributed by atoms with E-state index in [1.54, 1.807) is 0 Å². The Morgan fingerprint density at radius 2 is 1.86 bits per heavy atom. The van der Waals surface area contributed by atoms with Crippen LogP contribution >= 0.6 is 0 Å². The monoisotopic (exact) mass is 196 g/mol. The Bertz CT molecular complexity index is 356. The van der Waals surface area contributed by atoms with Crippen LogP contribution in [0.2, 0.25) is 0 Å². The first-order valence-electron chi connectivity index (χ1n) is 5.08. The molecule has 0 nitrogen and oxygen atoms in total. The Labute approximate surface area is 82.9 Å². The summed E-state index contributed by atoms with van der Waals surface area (Å²) in [4.78, 5) is 0. The fourth-order valence-electron chi connectivity index (χ4n) is 2.38. The van der Waals surface area contributed by atoms with Crippen LogP contribution in [0.25, 0.3) is 0 Å². The van der Waals surface area contributed by atoms with Gasteiger partial charge >= 0.3 is 0 Å². The van der Waals surface area contributed by atoms with Crippen molar-refractivity contribution in [1.82, 2.24) is 0 Å². The zero-order valence-electron chi connectivity index (χ0n) is 8.48. The molecule has 0 spiro atoms. The minimum Gasteiger partial charge on any atom is -0.207 e. The molecule has 2 rings (SSSR count). The summed E-state index contributed by atoms with van der Waals surface area (Å²) in [5.41, 5.74) is 1.23. The second-order valence-corrected chi connectivity index (χ2v) is 4.31. The molecule has 1 atom stereocenters. The third-order valence-electron chi connectivity index (χ3n) is 3.13. The molecule has 0 heterocycles. The molecule has 14 heavy (non-hydrogen) atoms. The number of rotatable bonds is 1. The van der Waals surface area contributed by atoms with E-state index in [1.807, 2.05) is 0 Å². The van der Waals surface area contributed by atoms with Crippen LogP contribution in [0.1, 0.15) is 37.3 Å². The van der Waals surface area contributed by atoms with Crippen molar-refractivity contribution in [3.05, 3.63) is 34.9 Å². The second-order valence-electron chi connectivity index (χ2n) is 4.31. The van der Waals surface area contributed by atoms with E-state index in [0.717, 1.165) is 6.42 Å². The van der Waals surface area contributed by atoms with E-state index < -0.39 is 0 Å². The molecule has 0 bridgehead atoms. The maximum Gasteiger partial charge on any atom is 0.127 e. The van der Waals surface area contributed by atoms with Gasteiger partial charge in [-0.3, -0.25) is 0 Å². The summed E-state index contributed by atoms with van der Waals surface area (Å²) in [5, 5.41) is 0. The molecule has 0 radical (unpaired) electrons. The normalized spacial score (nSPS) is 20.2. The lowest BCUT2D eigenvalue weighted by Crippen LogP contribution is -2.05. The molecule has 1 aromatic rings. The van der Waals surface area contributed by atoms with Gasteiger partial charge in [-0.1, -0.05) is 13.8 Å². The van der Waals surface area contributed by atoms with E-state index in [-0.39, 0.29) is 17.6 Å². The van der Waals surface area contributed by atoms with Crippen molar-refractivity contribution in [3.63, 3.8) is 0 Å². The third-order valence-corrected chi connectivity index (χ3v) is 3.13. The summed E-state index contributed by atoms with van der Waals surface area (Å²) in [7, 11) is 0. The molecule has 1 aliphatic carbocycles. The van der Waals surface area contributed by atoms with Crippen LogP contribution in [-0.2, 0) is 6.42 Å². The molecular weight excluding hydrogens is 182 g/mol. The molecule has 1 unspecified atom stereocenters. The number of hydrogen-bond acceptors (Lipinski definition) is 0. The van der Waals surface area contributed by atoms with Crippen LogP contribution in [0.3, 0.4) is 0 Å². The van der Waals surface area contributed by atoms with E-state index in [2.05, 4.69) is 13.8 Å². The average Bonchev–Trinajstić information content (AvgIpc) is 2.56. The Hall–Kier alpha value is -0.920. The lowest BCUT2D eigenvalue weighted by Gasteiger charge is -2.16. The minimum absolute atomic E-state index is 0.195. The molecule has 76 valence electrons. The Morgan fingerprint density at radius 3 is 2.50 bits per heavy atom. The third kappa shape index (κ3) is 1.33. The zero-order valence-corrected chi connectivity index (χ0v) is 8.48. The molecule has 2 heteroatoms. The Kier molecular flexibility index (Phi) is 2.30. The summed E-state index contributed by atoms with van der Waals surface area (Å²) < 4.78 is 26.9. The topological polar surface area (TPSA) is 0 Å². The van der Waals surface area contributed by atoms with Gasteiger partial charge in [-0.05, 0) is 47.9 Å². The van der Waals surface area contributed by atoms with E-state index in [1.165, 1.54) is 12.1 Å². The van der Waals surface area contributed by atoms with Gasteiger partial charge in [0.15, 0.2) is 0 Å². The van der Waals surface area contributed by atoms with E-state index in [9.17, 15) is 8.78 Å². The number of halogens is 2. The summed E-state index contributed by atoms with van der Waals surface area (Å²) in [5.74, 6) is 0.0930. The van der Waals surface area contributed by atoms with E-state index in [4.69, 9.17) is 0 Å². The lowest BCUT2D eigenvalue weighted by molar-refractivity contribution is 0.474. The van der Waals surface area contributed by atoms with Crippen LogP contribution in [0.15, 0.2) is 12.1 Å². The van der Waals surface area contributed by atoms with Crippen molar-refractivity contribution >= 4 is 0 Å². The van der Waals surface area contributed by atoms with Crippen LogP contribution in [0.5, 0.6) is 0 Å². The highest BCUT2D eigenvalue weighted by molar-refractivity contribution is 5.37. The highest BCUT2D eigenvalue weighted by Gasteiger charge is 2.30. The van der Waals surface area contributed by atoms with Crippen molar-refractivity contribution in [2.75, 3.05) is 0 Å². The van der Waals surface area contributed by atoms with Gasteiger partial charge in [-0.2, -0.15) is 0 Å². The predicted octanol–water partition coefficient (Wildman–Crippen LogP) is 3.65. The van der Waals surface area contributed by atoms with E-state index >= 15 is 0 Å². The van der Waals surface area contributed by atoms with Crippen LogP contribution in [0.4, 0.5) is 8.78 Å². The van der Waals surface area contributed by atoms with Crippen molar-refractivity contribution in [2.45, 2.75) is 32.6 Å². The average molecular weight is 196 g/mol. The van der Waals surface area contributed by atoms with E-state index in [0.29, 0.717) is 23.5 Å². The first-order chi connectivity index (χ1) is 6.61. The summed E-state index contributed by atoms with van der Waals surface area (Å²) in [6.45, 7) is 4.12.